The van der Waals surface area contributed by atoms with E-state index in [1.807, 2.05) is 0 Å². The van der Waals surface area contributed by atoms with E-state index in [0.29, 0.717) is 17.0 Å². The predicted molar refractivity (Wildman–Crippen MR) is 54.6 cm³/mol. The minimum Gasteiger partial charge on any atom is -0.443 e. The molecule has 0 aliphatic heterocycles. The zero-order valence-corrected chi connectivity index (χ0v) is 8.01. The largest absolute Gasteiger partial charge is 0.443 e. The molecule has 1 aromatic heterocycles. The first-order chi connectivity index (χ1) is 6.66. The monoisotopic (exact) mass is 209 g/mol. The van der Waals surface area contributed by atoms with Gasteiger partial charge in [-0.15, -0.1) is 0 Å². The van der Waals surface area contributed by atoms with Crippen molar-refractivity contribution in [1.82, 2.24) is 4.98 Å². The quantitative estimate of drug-likeness (QED) is 0.586. The summed E-state index contributed by atoms with van der Waals surface area (Å²) in [5, 5.41) is 7.72. The van der Waals surface area contributed by atoms with Crippen LogP contribution in [0.5, 0.6) is 0 Å². The summed E-state index contributed by atoms with van der Waals surface area (Å²) in [6.07, 6.45) is 1.69. The zero-order chi connectivity index (χ0) is 10.1. The molecular formula is C9H8ClN3O. The topological polar surface area (TPSA) is 75.9 Å². The lowest BCUT2D eigenvalue weighted by Gasteiger charge is -2.01. The predicted octanol–water partition coefficient (Wildman–Crippen LogP) is 1.96. The number of hydrogen-bond acceptors (Lipinski definition) is 3. The summed E-state index contributed by atoms with van der Waals surface area (Å²) in [5.74, 6) is 0.0785. The highest BCUT2D eigenvalue weighted by atomic mass is 35.5. The Balaban J connectivity index is 2.53. The summed E-state index contributed by atoms with van der Waals surface area (Å²) in [6, 6.07) is 3.46. The summed E-state index contributed by atoms with van der Waals surface area (Å²) in [4.78, 5) is 3.99. The molecular weight excluding hydrogens is 202 g/mol. The SMILES string of the molecule is N=C(N)Cc1cc2ncoc2cc1Cl. The van der Waals surface area contributed by atoms with Crippen LogP contribution in [0.15, 0.2) is 22.9 Å². The number of nitrogens with zero attached hydrogens (tertiary/aromatic N) is 1. The van der Waals surface area contributed by atoms with Crippen molar-refractivity contribution in [2.75, 3.05) is 0 Å². The molecule has 1 heterocycles. The van der Waals surface area contributed by atoms with Crippen molar-refractivity contribution in [1.29, 1.82) is 5.41 Å². The van der Waals surface area contributed by atoms with Gasteiger partial charge in [0.05, 0.1) is 5.84 Å². The number of halogens is 1. The molecule has 0 saturated carbocycles. The van der Waals surface area contributed by atoms with Gasteiger partial charge in [-0.1, -0.05) is 11.6 Å². The fourth-order valence-electron chi connectivity index (χ4n) is 1.26. The van der Waals surface area contributed by atoms with Gasteiger partial charge in [0.25, 0.3) is 0 Å². The molecule has 0 spiro atoms. The number of nitrogens with one attached hydrogen (secondary N) is 1. The van der Waals surface area contributed by atoms with E-state index in [0.717, 1.165) is 11.1 Å². The van der Waals surface area contributed by atoms with Crippen molar-refractivity contribution in [2.24, 2.45) is 5.73 Å². The van der Waals surface area contributed by atoms with Gasteiger partial charge in [0.15, 0.2) is 12.0 Å². The lowest BCUT2D eigenvalue weighted by atomic mass is 10.1. The summed E-state index contributed by atoms with van der Waals surface area (Å²) in [5.41, 5.74) is 7.45. The zero-order valence-electron chi connectivity index (χ0n) is 7.25. The van der Waals surface area contributed by atoms with Crippen LogP contribution in [-0.2, 0) is 6.42 Å². The van der Waals surface area contributed by atoms with Crippen LogP contribution >= 0.6 is 11.6 Å². The molecule has 0 bridgehead atoms. The van der Waals surface area contributed by atoms with E-state index in [2.05, 4.69) is 4.98 Å². The maximum atomic E-state index is 7.17. The molecule has 2 aromatic rings. The van der Waals surface area contributed by atoms with E-state index in [4.69, 9.17) is 27.2 Å². The molecule has 0 aliphatic rings. The molecule has 0 saturated heterocycles. The second-order valence-electron chi connectivity index (χ2n) is 2.97. The van der Waals surface area contributed by atoms with Crippen LogP contribution in [0.3, 0.4) is 0 Å². The molecule has 3 N–H and O–H groups in total. The van der Waals surface area contributed by atoms with Crippen LogP contribution in [0, 0.1) is 5.41 Å². The third-order valence-electron chi connectivity index (χ3n) is 1.88. The Morgan fingerprint density at radius 1 is 1.57 bits per heavy atom. The highest BCUT2D eigenvalue weighted by Gasteiger charge is 2.06. The van der Waals surface area contributed by atoms with Gasteiger partial charge in [-0.3, -0.25) is 5.41 Å². The van der Waals surface area contributed by atoms with Crippen molar-refractivity contribution >= 4 is 28.5 Å². The van der Waals surface area contributed by atoms with Crippen LogP contribution in [0.4, 0.5) is 0 Å². The van der Waals surface area contributed by atoms with E-state index >= 15 is 0 Å². The normalized spacial score (nSPS) is 10.6. The van der Waals surface area contributed by atoms with E-state index in [9.17, 15) is 0 Å². The van der Waals surface area contributed by atoms with Gasteiger partial charge in [0.2, 0.25) is 0 Å². The first-order valence-corrected chi connectivity index (χ1v) is 4.39. The molecule has 5 heteroatoms. The third-order valence-corrected chi connectivity index (χ3v) is 2.23. The van der Waals surface area contributed by atoms with Gasteiger partial charge < -0.3 is 10.2 Å². The standard InChI is InChI=1S/C9H8ClN3O/c10-6-3-8-7(13-4-14-8)1-5(6)2-9(11)12/h1,3-4H,2H2,(H3,11,12). The summed E-state index contributed by atoms with van der Waals surface area (Å²) >= 11 is 5.96. The van der Waals surface area contributed by atoms with E-state index in [-0.39, 0.29) is 5.84 Å². The molecule has 72 valence electrons. The Kier molecular flexibility index (Phi) is 2.13. The average molecular weight is 210 g/mol. The van der Waals surface area contributed by atoms with Gasteiger partial charge >= 0.3 is 0 Å². The molecule has 2 rings (SSSR count). The molecule has 4 nitrogen and oxygen atoms in total. The number of benzene rings is 1. The van der Waals surface area contributed by atoms with Crippen molar-refractivity contribution in [2.45, 2.75) is 6.42 Å². The van der Waals surface area contributed by atoms with Crippen LogP contribution in [0.25, 0.3) is 11.1 Å². The van der Waals surface area contributed by atoms with E-state index in [1.165, 1.54) is 6.39 Å². The Hall–Kier alpha value is -1.55. The van der Waals surface area contributed by atoms with Crippen molar-refractivity contribution in [3.63, 3.8) is 0 Å². The van der Waals surface area contributed by atoms with Crippen LogP contribution in [0.2, 0.25) is 5.02 Å². The summed E-state index contributed by atoms with van der Waals surface area (Å²) < 4.78 is 5.08. The van der Waals surface area contributed by atoms with Gasteiger partial charge in [0, 0.05) is 17.5 Å². The van der Waals surface area contributed by atoms with Crippen molar-refractivity contribution in [3.8, 4) is 0 Å². The fourth-order valence-corrected chi connectivity index (χ4v) is 1.48. The Labute approximate surface area is 85.2 Å². The number of fused-ring (bicyclic) bond motifs is 1. The maximum Gasteiger partial charge on any atom is 0.181 e. The first-order valence-electron chi connectivity index (χ1n) is 4.01. The Bertz CT molecular complexity index is 492. The fraction of sp³-hybridized carbons (Fsp3) is 0.111. The highest BCUT2D eigenvalue weighted by molar-refractivity contribution is 6.32. The third kappa shape index (κ3) is 1.56. The molecule has 0 amide bonds. The summed E-state index contributed by atoms with van der Waals surface area (Å²) in [7, 11) is 0. The molecule has 14 heavy (non-hydrogen) atoms. The minimum absolute atomic E-state index is 0.0785. The molecule has 0 atom stereocenters. The highest BCUT2D eigenvalue weighted by Crippen LogP contribution is 2.23. The van der Waals surface area contributed by atoms with Crippen molar-refractivity contribution in [3.05, 3.63) is 29.1 Å². The number of nitrogens with two attached hydrogens (primary N) is 1. The smallest absolute Gasteiger partial charge is 0.181 e. The molecule has 0 unspecified atom stereocenters. The van der Waals surface area contributed by atoms with Crippen LogP contribution < -0.4 is 5.73 Å². The molecule has 0 aliphatic carbocycles. The number of hydrogen-bond donors (Lipinski definition) is 2. The van der Waals surface area contributed by atoms with Gasteiger partial charge in [-0.25, -0.2) is 4.98 Å². The second kappa shape index (κ2) is 3.31. The lowest BCUT2D eigenvalue weighted by Crippen LogP contribution is -2.12. The lowest BCUT2D eigenvalue weighted by molar-refractivity contribution is 0.602. The first kappa shape index (κ1) is 9.02. The van der Waals surface area contributed by atoms with E-state index < -0.39 is 0 Å². The second-order valence-corrected chi connectivity index (χ2v) is 3.37. The number of oxazole rings is 1. The Morgan fingerprint density at radius 3 is 3.07 bits per heavy atom. The van der Waals surface area contributed by atoms with Crippen LogP contribution in [-0.4, -0.2) is 10.8 Å². The molecule has 0 radical (unpaired) electrons. The average Bonchev–Trinajstić information content (AvgIpc) is 2.51. The Morgan fingerprint density at radius 2 is 2.36 bits per heavy atom. The van der Waals surface area contributed by atoms with Gasteiger partial charge in [0.1, 0.15) is 5.52 Å². The van der Waals surface area contributed by atoms with Gasteiger partial charge in [-0.05, 0) is 11.6 Å². The van der Waals surface area contributed by atoms with Crippen molar-refractivity contribution < 1.29 is 4.42 Å². The van der Waals surface area contributed by atoms with Gasteiger partial charge in [-0.2, -0.15) is 0 Å². The van der Waals surface area contributed by atoms with E-state index in [1.54, 1.807) is 12.1 Å². The molecule has 0 fully saturated rings. The number of aromatic nitrogens is 1. The number of amidine groups is 1. The minimum atomic E-state index is 0.0785. The summed E-state index contributed by atoms with van der Waals surface area (Å²) in [6.45, 7) is 0. The van der Waals surface area contributed by atoms with Crippen LogP contribution in [0.1, 0.15) is 5.56 Å². The maximum absolute atomic E-state index is 7.17. The number of rotatable bonds is 2. The molecule has 1 aromatic carbocycles.